The molecule has 2 aliphatic rings. The summed E-state index contributed by atoms with van der Waals surface area (Å²) in [5.74, 6) is 0.540. The normalized spacial score (nSPS) is 28.4. The Labute approximate surface area is 94.7 Å². The number of amidine groups is 1. The molecule has 0 aromatic rings. The van der Waals surface area contributed by atoms with Crippen LogP contribution in [0.1, 0.15) is 13.8 Å². The minimum atomic E-state index is 0.0144. The zero-order valence-corrected chi connectivity index (χ0v) is 10.1. The number of thioether (sulfide) groups is 1. The lowest BCUT2D eigenvalue weighted by Crippen LogP contribution is -2.52. The minimum absolute atomic E-state index is 0.0144. The Kier molecular flexibility index (Phi) is 3.31. The van der Waals surface area contributed by atoms with Crippen LogP contribution in [0, 0.1) is 0 Å². The van der Waals surface area contributed by atoms with Gasteiger partial charge in [0.2, 0.25) is 0 Å². The average molecular weight is 227 g/mol. The van der Waals surface area contributed by atoms with E-state index in [1.165, 1.54) is 0 Å². The van der Waals surface area contributed by atoms with Gasteiger partial charge in [0.25, 0.3) is 5.91 Å². The summed E-state index contributed by atoms with van der Waals surface area (Å²) in [4.78, 5) is 19.8. The smallest absolute Gasteiger partial charge is 0.258 e. The van der Waals surface area contributed by atoms with Crippen molar-refractivity contribution in [2.24, 2.45) is 4.99 Å². The van der Waals surface area contributed by atoms with Crippen molar-refractivity contribution >= 4 is 22.8 Å². The molecule has 0 N–H and O–H groups in total. The van der Waals surface area contributed by atoms with E-state index in [1.807, 2.05) is 0 Å². The highest BCUT2D eigenvalue weighted by atomic mass is 32.2. The third kappa shape index (κ3) is 2.34. The van der Waals surface area contributed by atoms with E-state index in [-0.39, 0.29) is 5.91 Å². The fourth-order valence-corrected chi connectivity index (χ4v) is 2.93. The molecule has 15 heavy (non-hydrogen) atoms. The van der Waals surface area contributed by atoms with E-state index >= 15 is 0 Å². The van der Waals surface area contributed by atoms with E-state index in [1.54, 1.807) is 11.8 Å². The molecule has 1 fully saturated rings. The van der Waals surface area contributed by atoms with E-state index in [9.17, 15) is 4.79 Å². The van der Waals surface area contributed by atoms with Crippen molar-refractivity contribution in [2.45, 2.75) is 19.9 Å². The highest BCUT2D eigenvalue weighted by Crippen LogP contribution is 2.19. The molecular formula is C10H17N3OS. The Hall–Kier alpha value is -0.550. The van der Waals surface area contributed by atoms with Crippen LogP contribution in [0.3, 0.4) is 0 Å². The number of piperazine rings is 1. The van der Waals surface area contributed by atoms with Gasteiger partial charge >= 0.3 is 0 Å². The Bertz CT molecular complexity index is 292. The van der Waals surface area contributed by atoms with E-state index < -0.39 is 0 Å². The maximum absolute atomic E-state index is 11.1. The zero-order chi connectivity index (χ0) is 10.8. The molecule has 1 atom stereocenters. The maximum atomic E-state index is 11.1. The topological polar surface area (TPSA) is 35.9 Å². The molecule has 0 bridgehead atoms. The summed E-state index contributed by atoms with van der Waals surface area (Å²) in [6.45, 7) is 8.60. The van der Waals surface area contributed by atoms with Crippen LogP contribution >= 0.6 is 11.8 Å². The van der Waals surface area contributed by atoms with Crippen molar-refractivity contribution in [3.63, 3.8) is 0 Å². The first-order valence-electron chi connectivity index (χ1n) is 5.44. The van der Waals surface area contributed by atoms with E-state index in [0.29, 0.717) is 11.8 Å². The molecule has 4 nitrogen and oxygen atoms in total. The van der Waals surface area contributed by atoms with Crippen LogP contribution in [0.5, 0.6) is 0 Å². The number of nitrogens with zero attached hydrogens (tertiary/aromatic N) is 3. The molecule has 1 unspecified atom stereocenters. The second-order valence-corrected chi connectivity index (χ2v) is 4.94. The SMILES string of the molecule is CCN1CCN(C2=NC(=O)CS2)CC1C. The van der Waals surface area contributed by atoms with Crippen molar-refractivity contribution in [3.05, 3.63) is 0 Å². The van der Waals surface area contributed by atoms with E-state index in [0.717, 1.165) is 31.3 Å². The van der Waals surface area contributed by atoms with Gasteiger partial charge in [-0.15, -0.1) is 0 Å². The van der Waals surface area contributed by atoms with Crippen molar-refractivity contribution in [3.8, 4) is 0 Å². The molecule has 0 radical (unpaired) electrons. The largest absolute Gasteiger partial charge is 0.348 e. The molecule has 0 spiro atoms. The molecule has 84 valence electrons. The van der Waals surface area contributed by atoms with E-state index in [4.69, 9.17) is 0 Å². The molecular weight excluding hydrogens is 210 g/mol. The summed E-state index contributed by atoms with van der Waals surface area (Å²) in [6, 6.07) is 0.558. The Balaban J connectivity index is 1.96. The molecule has 0 aromatic carbocycles. The lowest BCUT2D eigenvalue weighted by molar-refractivity contribution is -0.115. The fourth-order valence-electron chi connectivity index (χ4n) is 2.10. The lowest BCUT2D eigenvalue weighted by Gasteiger charge is -2.39. The lowest BCUT2D eigenvalue weighted by atomic mass is 10.2. The summed E-state index contributed by atoms with van der Waals surface area (Å²) in [5.41, 5.74) is 0. The Morgan fingerprint density at radius 3 is 2.87 bits per heavy atom. The summed E-state index contributed by atoms with van der Waals surface area (Å²) >= 11 is 1.58. The fraction of sp³-hybridized carbons (Fsp3) is 0.800. The second kappa shape index (κ2) is 4.53. The van der Waals surface area contributed by atoms with Gasteiger partial charge in [0.05, 0.1) is 5.75 Å². The highest BCUT2D eigenvalue weighted by molar-refractivity contribution is 8.14. The van der Waals surface area contributed by atoms with Crippen molar-refractivity contribution in [1.29, 1.82) is 0 Å². The summed E-state index contributed by atoms with van der Waals surface area (Å²) < 4.78 is 0. The predicted octanol–water partition coefficient (Wildman–Crippen LogP) is 0.642. The van der Waals surface area contributed by atoms with Crippen LogP contribution in [0.2, 0.25) is 0 Å². The molecule has 0 aliphatic carbocycles. The van der Waals surface area contributed by atoms with Crippen LogP contribution in [0.15, 0.2) is 4.99 Å². The van der Waals surface area contributed by atoms with Gasteiger partial charge < -0.3 is 4.90 Å². The number of hydrogen-bond donors (Lipinski definition) is 0. The van der Waals surface area contributed by atoms with Crippen molar-refractivity contribution in [2.75, 3.05) is 31.9 Å². The number of carbonyl (C=O) groups excluding carboxylic acids is 1. The van der Waals surface area contributed by atoms with Gasteiger partial charge in [0.15, 0.2) is 5.17 Å². The number of aliphatic imine (C=N–C) groups is 1. The Morgan fingerprint density at radius 1 is 1.53 bits per heavy atom. The molecule has 0 saturated carbocycles. The first-order valence-corrected chi connectivity index (χ1v) is 6.42. The monoisotopic (exact) mass is 227 g/mol. The van der Waals surface area contributed by atoms with Crippen LogP contribution in [0.4, 0.5) is 0 Å². The van der Waals surface area contributed by atoms with Crippen LogP contribution < -0.4 is 0 Å². The highest BCUT2D eigenvalue weighted by Gasteiger charge is 2.27. The molecule has 2 heterocycles. The van der Waals surface area contributed by atoms with Gasteiger partial charge in [0.1, 0.15) is 0 Å². The quantitative estimate of drug-likeness (QED) is 0.659. The number of likely N-dealkylation sites (N-methyl/N-ethyl adjacent to an activating group) is 1. The maximum Gasteiger partial charge on any atom is 0.258 e. The van der Waals surface area contributed by atoms with Crippen LogP contribution in [0.25, 0.3) is 0 Å². The van der Waals surface area contributed by atoms with Gasteiger partial charge in [-0.05, 0) is 13.5 Å². The Morgan fingerprint density at radius 2 is 2.33 bits per heavy atom. The van der Waals surface area contributed by atoms with E-state index in [2.05, 4.69) is 28.6 Å². The van der Waals surface area contributed by atoms with Crippen molar-refractivity contribution in [1.82, 2.24) is 9.80 Å². The van der Waals surface area contributed by atoms with Crippen molar-refractivity contribution < 1.29 is 4.79 Å². The number of amides is 1. The molecule has 2 aliphatic heterocycles. The number of rotatable bonds is 1. The first-order chi connectivity index (χ1) is 7.20. The molecule has 1 saturated heterocycles. The molecule has 5 heteroatoms. The van der Waals surface area contributed by atoms with Crippen LogP contribution in [-0.4, -0.2) is 58.8 Å². The van der Waals surface area contributed by atoms with Gasteiger partial charge in [-0.25, -0.2) is 0 Å². The summed E-state index contributed by atoms with van der Waals surface area (Å²) in [7, 11) is 0. The summed E-state index contributed by atoms with van der Waals surface area (Å²) in [6.07, 6.45) is 0. The summed E-state index contributed by atoms with van der Waals surface area (Å²) in [5, 5.41) is 0.933. The standard InChI is InChI=1S/C10H17N3OS/c1-3-12-4-5-13(6-8(12)2)10-11-9(14)7-15-10/h8H,3-7H2,1-2H3. The van der Waals surface area contributed by atoms with Gasteiger partial charge in [-0.1, -0.05) is 18.7 Å². The predicted molar refractivity (Wildman–Crippen MR) is 63.2 cm³/mol. The minimum Gasteiger partial charge on any atom is -0.348 e. The number of hydrogen-bond acceptors (Lipinski definition) is 4. The number of carbonyl (C=O) groups is 1. The van der Waals surface area contributed by atoms with Crippen LogP contribution in [-0.2, 0) is 4.79 Å². The average Bonchev–Trinajstić information content (AvgIpc) is 2.65. The molecule has 0 aromatic heterocycles. The van der Waals surface area contributed by atoms with Gasteiger partial charge in [0, 0.05) is 25.7 Å². The molecule has 2 rings (SSSR count). The third-order valence-corrected chi connectivity index (χ3v) is 3.99. The first kappa shape index (κ1) is 11.0. The van der Waals surface area contributed by atoms with Gasteiger partial charge in [-0.2, -0.15) is 4.99 Å². The molecule has 1 amide bonds. The second-order valence-electron chi connectivity index (χ2n) is 4.00. The zero-order valence-electron chi connectivity index (χ0n) is 9.27. The van der Waals surface area contributed by atoms with Gasteiger partial charge in [-0.3, -0.25) is 9.69 Å². The third-order valence-electron chi connectivity index (χ3n) is 2.99.